The third-order valence-corrected chi connectivity index (χ3v) is 3.93. The van der Waals surface area contributed by atoms with Crippen molar-refractivity contribution in [3.63, 3.8) is 0 Å². The molecule has 0 saturated heterocycles. The molecule has 0 aliphatic carbocycles. The molecule has 2 aromatic carbocycles. The average Bonchev–Trinajstić information content (AvgIpc) is 2.51. The lowest BCUT2D eigenvalue weighted by molar-refractivity contribution is 0.0952. The van der Waals surface area contributed by atoms with Gasteiger partial charge in [-0.3, -0.25) is 9.36 Å². The maximum atomic E-state index is 12.1. The highest BCUT2D eigenvalue weighted by molar-refractivity contribution is 9.10. The average molecular weight is 400 g/mol. The van der Waals surface area contributed by atoms with E-state index in [1.165, 1.54) is 6.07 Å². The van der Waals surface area contributed by atoms with Gasteiger partial charge in [-0.1, -0.05) is 46.3 Å². The van der Waals surface area contributed by atoms with E-state index in [2.05, 4.69) is 21.2 Å². The maximum absolute atomic E-state index is 12.1. The van der Waals surface area contributed by atoms with Crippen LogP contribution in [0, 0.1) is 0 Å². The van der Waals surface area contributed by atoms with E-state index in [0.717, 1.165) is 10.0 Å². The number of ether oxygens (including phenoxy) is 1. The lowest BCUT2D eigenvalue weighted by Crippen LogP contribution is -2.25. The second-order valence-electron chi connectivity index (χ2n) is 4.74. The molecule has 0 fully saturated rings. The smallest absolute Gasteiger partial charge is 0.344 e. The van der Waals surface area contributed by atoms with Crippen molar-refractivity contribution in [3.8, 4) is 5.75 Å². The van der Waals surface area contributed by atoms with E-state index in [0.29, 0.717) is 5.75 Å². The van der Waals surface area contributed by atoms with Gasteiger partial charge in [0.2, 0.25) is 0 Å². The maximum Gasteiger partial charge on any atom is 0.344 e. The first-order valence-corrected chi connectivity index (χ1v) is 9.23. The van der Waals surface area contributed by atoms with E-state index in [9.17, 15) is 9.36 Å². The molecular formula is C15H15BrNO5P. The molecule has 0 unspecified atom stereocenters. The number of rotatable bonds is 6. The van der Waals surface area contributed by atoms with Crippen molar-refractivity contribution in [2.24, 2.45) is 0 Å². The van der Waals surface area contributed by atoms with E-state index in [-0.39, 0.29) is 12.2 Å². The van der Waals surface area contributed by atoms with Crippen molar-refractivity contribution in [2.75, 3.05) is 6.29 Å². The number of carbonyl (C=O) groups excluding carboxylic acids is 1. The Morgan fingerprint density at radius 1 is 1.17 bits per heavy atom. The topological polar surface area (TPSA) is 95.9 Å². The first kappa shape index (κ1) is 17.7. The molecule has 2 rings (SSSR count). The van der Waals surface area contributed by atoms with Crippen molar-refractivity contribution in [2.45, 2.75) is 6.61 Å². The van der Waals surface area contributed by atoms with Gasteiger partial charge in [-0.15, -0.1) is 0 Å². The van der Waals surface area contributed by atoms with Crippen LogP contribution in [-0.4, -0.2) is 22.0 Å². The van der Waals surface area contributed by atoms with Crippen LogP contribution < -0.4 is 10.1 Å². The quantitative estimate of drug-likeness (QED) is 0.649. The zero-order valence-corrected chi connectivity index (χ0v) is 14.5. The summed E-state index contributed by atoms with van der Waals surface area (Å²) in [6.45, 7) is 0.274. The molecule has 2 aromatic rings. The molecule has 1 amide bonds. The SMILES string of the molecule is O=C(NCP(=O)(O)O)c1ccc(Br)cc1OCc1ccccc1. The first-order valence-electron chi connectivity index (χ1n) is 6.64. The largest absolute Gasteiger partial charge is 0.488 e. The zero-order valence-electron chi connectivity index (χ0n) is 12.0. The van der Waals surface area contributed by atoms with Crippen LogP contribution in [-0.2, 0) is 11.2 Å². The summed E-state index contributed by atoms with van der Waals surface area (Å²) in [6, 6.07) is 14.3. The predicted molar refractivity (Wildman–Crippen MR) is 89.3 cm³/mol. The fourth-order valence-corrected chi connectivity index (χ4v) is 2.50. The van der Waals surface area contributed by atoms with Crippen molar-refractivity contribution < 1.29 is 23.9 Å². The van der Waals surface area contributed by atoms with E-state index in [1.807, 2.05) is 30.3 Å². The Morgan fingerprint density at radius 3 is 2.52 bits per heavy atom. The third-order valence-electron chi connectivity index (χ3n) is 2.87. The molecular weight excluding hydrogens is 385 g/mol. The normalized spacial score (nSPS) is 11.1. The number of nitrogens with one attached hydrogen (secondary N) is 1. The van der Waals surface area contributed by atoms with Crippen LogP contribution in [0.5, 0.6) is 5.75 Å². The summed E-state index contributed by atoms with van der Waals surface area (Å²) >= 11 is 3.31. The number of halogens is 1. The minimum atomic E-state index is -4.31. The highest BCUT2D eigenvalue weighted by Crippen LogP contribution is 2.32. The van der Waals surface area contributed by atoms with Gasteiger partial charge in [0.1, 0.15) is 18.6 Å². The molecule has 0 radical (unpaired) electrons. The highest BCUT2D eigenvalue weighted by atomic mass is 79.9. The van der Waals surface area contributed by atoms with Crippen LogP contribution in [0.3, 0.4) is 0 Å². The van der Waals surface area contributed by atoms with Gasteiger partial charge in [0.05, 0.1) is 5.56 Å². The second-order valence-corrected chi connectivity index (χ2v) is 7.30. The summed E-state index contributed by atoms with van der Waals surface area (Å²) in [4.78, 5) is 29.8. The van der Waals surface area contributed by atoms with Crippen LogP contribution in [0.1, 0.15) is 15.9 Å². The monoisotopic (exact) mass is 399 g/mol. The number of benzene rings is 2. The zero-order chi connectivity index (χ0) is 16.9. The predicted octanol–water partition coefficient (Wildman–Crippen LogP) is 2.89. The molecule has 0 aliphatic rings. The fraction of sp³-hybridized carbons (Fsp3) is 0.133. The summed E-state index contributed by atoms with van der Waals surface area (Å²) in [5.74, 6) is -0.282. The van der Waals surface area contributed by atoms with Crippen LogP contribution in [0.25, 0.3) is 0 Å². The summed E-state index contributed by atoms with van der Waals surface area (Å²) in [5, 5.41) is 2.20. The molecule has 0 saturated carbocycles. The van der Waals surface area contributed by atoms with Crippen molar-refractivity contribution in [1.29, 1.82) is 0 Å². The Balaban J connectivity index is 2.13. The van der Waals surface area contributed by atoms with Crippen molar-refractivity contribution >= 4 is 29.4 Å². The Labute approximate surface area is 141 Å². The number of hydrogen-bond donors (Lipinski definition) is 3. The van der Waals surface area contributed by atoms with Crippen molar-refractivity contribution in [1.82, 2.24) is 5.32 Å². The van der Waals surface area contributed by atoms with E-state index in [1.54, 1.807) is 12.1 Å². The molecule has 0 aromatic heterocycles. The van der Waals surface area contributed by atoms with Gasteiger partial charge in [-0.05, 0) is 23.8 Å². The molecule has 0 spiro atoms. The van der Waals surface area contributed by atoms with Crippen molar-refractivity contribution in [3.05, 3.63) is 64.1 Å². The number of hydrogen-bond acceptors (Lipinski definition) is 3. The molecule has 0 aliphatic heterocycles. The van der Waals surface area contributed by atoms with Crippen LogP contribution in [0.4, 0.5) is 0 Å². The lowest BCUT2D eigenvalue weighted by atomic mass is 10.2. The Hall–Kier alpha value is -1.66. The molecule has 0 atom stereocenters. The minimum Gasteiger partial charge on any atom is -0.488 e. The van der Waals surface area contributed by atoms with Gasteiger partial charge < -0.3 is 19.8 Å². The molecule has 8 heteroatoms. The standard InChI is InChI=1S/C15H15BrNO5P/c16-12-6-7-13(15(18)17-10-23(19,20)21)14(8-12)22-9-11-4-2-1-3-5-11/h1-8H,9-10H2,(H,17,18)(H2,19,20,21). The highest BCUT2D eigenvalue weighted by Gasteiger charge is 2.18. The fourth-order valence-electron chi connectivity index (χ4n) is 1.81. The summed E-state index contributed by atoms with van der Waals surface area (Å²) in [5.41, 5.74) is 1.15. The summed E-state index contributed by atoms with van der Waals surface area (Å²) < 4.78 is 17.3. The van der Waals surface area contributed by atoms with E-state index >= 15 is 0 Å². The Morgan fingerprint density at radius 2 is 1.87 bits per heavy atom. The van der Waals surface area contributed by atoms with Gasteiger partial charge in [0, 0.05) is 4.47 Å². The second kappa shape index (κ2) is 7.75. The minimum absolute atomic E-state index is 0.206. The third kappa shape index (κ3) is 5.80. The van der Waals surface area contributed by atoms with Gasteiger partial charge in [0.15, 0.2) is 0 Å². The lowest BCUT2D eigenvalue weighted by Gasteiger charge is -2.13. The van der Waals surface area contributed by atoms with E-state index < -0.39 is 19.8 Å². The Bertz CT molecular complexity index is 732. The van der Waals surface area contributed by atoms with E-state index in [4.69, 9.17) is 14.5 Å². The molecule has 23 heavy (non-hydrogen) atoms. The molecule has 3 N–H and O–H groups in total. The number of amides is 1. The number of carbonyl (C=O) groups is 1. The van der Waals surface area contributed by atoms with Crippen LogP contribution >= 0.6 is 23.5 Å². The van der Waals surface area contributed by atoms with Crippen LogP contribution in [0.2, 0.25) is 0 Å². The summed E-state index contributed by atoms with van der Waals surface area (Å²) in [6.07, 6.45) is -0.722. The van der Waals surface area contributed by atoms with Gasteiger partial charge >= 0.3 is 7.60 Å². The molecule has 0 heterocycles. The molecule has 122 valence electrons. The van der Waals surface area contributed by atoms with Gasteiger partial charge in [-0.25, -0.2) is 0 Å². The molecule has 0 bridgehead atoms. The van der Waals surface area contributed by atoms with Crippen LogP contribution in [0.15, 0.2) is 53.0 Å². The summed E-state index contributed by atoms with van der Waals surface area (Å²) in [7, 11) is -4.31. The molecule has 6 nitrogen and oxygen atoms in total. The van der Waals surface area contributed by atoms with Gasteiger partial charge in [0.25, 0.3) is 5.91 Å². The van der Waals surface area contributed by atoms with Gasteiger partial charge in [-0.2, -0.15) is 0 Å². The first-order chi connectivity index (χ1) is 10.8. The Kier molecular flexibility index (Phi) is 5.96.